The smallest absolute Gasteiger partial charge is 0.233 e. The van der Waals surface area contributed by atoms with Gasteiger partial charge in [-0.15, -0.1) is 0 Å². The summed E-state index contributed by atoms with van der Waals surface area (Å²) in [6, 6.07) is 7.47. The van der Waals surface area contributed by atoms with Crippen LogP contribution in [0.5, 0.6) is 0 Å². The van der Waals surface area contributed by atoms with Gasteiger partial charge in [0.05, 0.1) is 22.8 Å². The highest BCUT2D eigenvalue weighted by molar-refractivity contribution is 8.00. The number of amides is 1. The lowest BCUT2D eigenvalue weighted by Gasteiger charge is -2.26. The van der Waals surface area contributed by atoms with E-state index in [-0.39, 0.29) is 29.2 Å². The van der Waals surface area contributed by atoms with E-state index in [0.29, 0.717) is 13.0 Å². The number of para-hydroxylation sites is 1. The lowest BCUT2D eigenvalue weighted by atomic mass is 10.2. The zero-order valence-corrected chi connectivity index (χ0v) is 15.0. The van der Waals surface area contributed by atoms with Crippen molar-refractivity contribution in [3.05, 3.63) is 30.6 Å². The first-order chi connectivity index (χ1) is 11.5. The Labute approximate surface area is 145 Å². The highest BCUT2D eigenvalue weighted by atomic mass is 32.2. The van der Waals surface area contributed by atoms with Crippen molar-refractivity contribution in [1.82, 2.24) is 14.9 Å². The number of thioether (sulfide) groups is 1. The summed E-state index contributed by atoms with van der Waals surface area (Å²) < 4.78 is 23.3. The molecule has 2 aromatic rings. The number of fused-ring (bicyclic) bond motifs is 1. The molecule has 0 unspecified atom stereocenters. The maximum atomic E-state index is 12.5. The zero-order valence-electron chi connectivity index (χ0n) is 13.4. The second-order valence-electron chi connectivity index (χ2n) is 5.72. The lowest BCUT2D eigenvalue weighted by Crippen LogP contribution is -2.41. The van der Waals surface area contributed by atoms with Crippen molar-refractivity contribution >= 4 is 38.4 Å². The van der Waals surface area contributed by atoms with Gasteiger partial charge < -0.3 is 4.90 Å². The summed E-state index contributed by atoms with van der Waals surface area (Å²) in [4.78, 5) is 22.7. The molecule has 0 radical (unpaired) electrons. The Morgan fingerprint density at radius 2 is 2.12 bits per heavy atom. The Morgan fingerprint density at radius 1 is 1.33 bits per heavy atom. The summed E-state index contributed by atoms with van der Waals surface area (Å²) in [6.07, 6.45) is 2.03. The van der Waals surface area contributed by atoms with E-state index in [9.17, 15) is 13.2 Å². The maximum Gasteiger partial charge on any atom is 0.233 e. The molecule has 3 rings (SSSR count). The van der Waals surface area contributed by atoms with Gasteiger partial charge in [-0.1, -0.05) is 30.0 Å². The molecule has 1 amide bonds. The van der Waals surface area contributed by atoms with Gasteiger partial charge in [0.1, 0.15) is 11.4 Å². The van der Waals surface area contributed by atoms with Gasteiger partial charge in [0.2, 0.25) is 5.91 Å². The third kappa shape index (κ3) is 3.70. The minimum absolute atomic E-state index is 0.0488. The van der Waals surface area contributed by atoms with Gasteiger partial charge in [0, 0.05) is 18.0 Å². The summed E-state index contributed by atoms with van der Waals surface area (Å²) in [5, 5.41) is 1.69. The number of nitrogens with zero attached hydrogens (tertiary/aromatic N) is 3. The standard InChI is InChI=1S/C16H19N3O3S2/c1-2-19(12-7-8-24(21,22)10-12)15(20)9-23-16-13-5-3-4-6-14(13)17-11-18-16/h3-6,11-12H,2,7-10H2,1H3/t12-/m0/s1. The molecule has 1 aliphatic rings. The average molecular weight is 365 g/mol. The molecular weight excluding hydrogens is 346 g/mol. The Hall–Kier alpha value is -1.67. The molecule has 0 N–H and O–H groups in total. The molecule has 8 heteroatoms. The molecule has 0 aliphatic carbocycles. The van der Waals surface area contributed by atoms with Crippen LogP contribution < -0.4 is 0 Å². The highest BCUT2D eigenvalue weighted by Gasteiger charge is 2.33. The number of rotatable bonds is 5. The molecule has 0 bridgehead atoms. The van der Waals surface area contributed by atoms with Crippen LogP contribution in [0.25, 0.3) is 10.9 Å². The Bertz CT molecular complexity index is 849. The molecule has 0 saturated carbocycles. The van der Waals surface area contributed by atoms with Gasteiger partial charge >= 0.3 is 0 Å². The van der Waals surface area contributed by atoms with Crippen molar-refractivity contribution in [3.63, 3.8) is 0 Å². The van der Waals surface area contributed by atoms with Crippen LogP contribution in [0.4, 0.5) is 0 Å². The van der Waals surface area contributed by atoms with Gasteiger partial charge in [-0.05, 0) is 19.4 Å². The van der Waals surface area contributed by atoms with Gasteiger partial charge in [0.25, 0.3) is 0 Å². The van der Waals surface area contributed by atoms with E-state index in [2.05, 4.69) is 9.97 Å². The molecule has 1 fully saturated rings. The molecule has 6 nitrogen and oxygen atoms in total. The number of carbonyl (C=O) groups excluding carboxylic acids is 1. The van der Waals surface area contributed by atoms with Gasteiger partial charge in [-0.3, -0.25) is 4.79 Å². The van der Waals surface area contributed by atoms with Gasteiger partial charge in [-0.25, -0.2) is 18.4 Å². The fourth-order valence-electron chi connectivity index (χ4n) is 2.97. The Kier molecular flexibility index (Phi) is 5.05. The van der Waals surface area contributed by atoms with Crippen LogP contribution in [0.1, 0.15) is 13.3 Å². The van der Waals surface area contributed by atoms with Crippen LogP contribution in [0, 0.1) is 0 Å². The van der Waals surface area contributed by atoms with E-state index in [1.807, 2.05) is 31.2 Å². The minimum Gasteiger partial charge on any atom is -0.338 e. The van der Waals surface area contributed by atoms with E-state index in [1.54, 1.807) is 4.90 Å². The SMILES string of the molecule is CCN(C(=O)CSc1ncnc2ccccc12)[C@H]1CCS(=O)(=O)C1. The highest BCUT2D eigenvalue weighted by Crippen LogP contribution is 2.25. The first-order valence-electron chi connectivity index (χ1n) is 7.82. The molecule has 0 spiro atoms. The van der Waals surface area contributed by atoms with Crippen molar-refractivity contribution in [2.24, 2.45) is 0 Å². The van der Waals surface area contributed by atoms with Crippen molar-refractivity contribution in [3.8, 4) is 0 Å². The number of hydrogen-bond donors (Lipinski definition) is 0. The molecular formula is C16H19N3O3S2. The second kappa shape index (κ2) is 7.06. The normalized spacial score (nSPS) is 19.5. The fraction of sp³-hybridized carbons (Fsp3) is 0.438. The van der Waals surface area contributed by atoms with Crippen LogP contribution >= 0.6 is 11.8 Å². The van der Waals surface area contributed by atoms with Crippen molar-refractivity contribution in [2.75, 3.05) is 23.8 Å². The molecule has 1 aliphatic heterocycles. The van der Waals surface area contributed by atoms with E-state index in [4.69, 9.17) is 0 Å². The third-order valence-electron chi connectivity index (χ3n) is 4.15. The van der Waals surface area contributed by atoms with E-state index in [1.165, 1.54) is 18.1 Å². The summed E-state index contributed by atoms with van der Waals surface area (Å²) in [5.41, 5.74) is 0.844. The first kappa shape index (κ1) is 17.2. The summed E-state index contributed by atoms with van der Waals surface area (Å²) in [7, 11) is -3.00. The summed E-state index contributed by atoms with van der Waals surface area (Å²) in [5.74, 6) is 0.441. The van der Waals surface area contributed by atoms with Crippen LogP contribution in [-0.2, 0) is 14.6 Å². The number of sulfone groups is 1. The van der Waals surface area contributed by atoms with Crippen LogP contribution in [0.3, 0.4) is 0 Å². The van der Waals surface area contributed by atoms with Crippen molar-refractivity contribution < 1.29 is 13.2 Å². The monoisotopic (exact) mass is 365 g/mol. The Balaban J connectivity index is 1.70. The molecule has 2 heterocycles. The second-order valence-corrected chi connectivity index (χ2v) is 8.91. The topological polar surface area (TPSA) is 80.2 Å². The molecule has 1 aromatic heterocycles. The number of hydrogen-bond acceptors (Lipinski definition) is 6. The van der Waals surface area contributed by atoms with Crippen LogP contribution in [-0.4, -0.2) is 59.0 Å². The predicted octanol–water partition coefficient (Wildman–Crippen LogP) is 1.76. The molecule has 1 aromatic carbocycles. The Morgan fingerprint density at radius 3 is 2.83 bits per heavy atom. The number of aromatic nitrogens is 2. The van der Waals surface area contributed by atoms with Gasteiger partial charge in [0.15, 0.2) is 9.84 Å². The predicted molar refractivity (Wildman–Crippen MR) is 94.7 cm³/mol. The van der Waals surface area contributed by atoms with Crippen molar-refractivity contribution in [2.45, 2.75) is 24.4 Å². The average Bonchev–Trinajstić information content (AvgIpc) is 2.93. The molecule has 24 heavy (non-hydrogen) atoms. The fourth-order valence-corrected chi connectivity index (χ4v) is 5.57. The molecule has 128 valence electrons. The largest absolute Gasteiger partial charge is 0.338 e. The number of benzene rings is 1. The zero-order chi connectivity index (χ0) is 17.2. The molecule has 1 atom stereocenters. The number of carbonyl (C=O) groups is 1. The van der Waals surface area contributed by atoms with E-state index < -0.39 is 9.84 Å². The van der Waals surface area contributed by atoms with Crippen molar-refractivity contribution in [1.29, 1.82) is 0 Å². The van der Waals surface area contributed by atoms with Gasteiger partial charge in [-0.2, -0.15) is 0 Å². The third-order valence-corrected chi connectivity index (χ3v) is 6.89. The van der Waals surface area contributed by atoms with Crippen LogP contribution in [0.2, 0.25) is 0 Å². The van der Waals surface area contributed by atoms with E-state index in [0.717, 1.165) is 15.9 Å². The first-order valence-corrected chi connectivity index (χ1v) is 10.6. The maximum absolute atomic E-state index is 12.5. The molecule has 1 saturated heterocycles. The summed E-state index contributed by atoms with van der Waals surface area (Å²) >= 11 is 1.37. The van der Waals surface area contributed by atoms with E-state index >= 15 is 0 Å². The quantitative estimate of drug-likeness (QED) is 0.593. The summed E-state index contributed by atoms with van der Waals surface area (Å²) in [6.45, 7) is 2.40. The van der Waals surface area contributed by atoms with Crippen LogP contribution in [0.15, 0.2) is 35.6 Å². The minimum atomic E-state index is -3.00. The lowest BCUT2D eigenvalue weighted by molar-refractivity contribution is -0.129.